The van der Waals surface area contributed by atoms with Crippen LogP contribution >= 0.6 is 0 Å². The summed E-state index contributed by atoms with van der Waals surface area (Å²) in [5.74, 6) is -0.331. The van der Waals surface area contributed by atoms with Crippen LogP contribution in [-0.2, 0) is 9.53 Å². The molecule has 10 heavy (non-hydrogen) atoms. The Bertz CT molecular complexity index is 147. The van der Waals surface area contributed by atoms with Gasteiger partial charge in [-0.25, -0.2) is 0 Å². The van der Waals surface area contributed by atoms with Crippen molar-refractivity contribution < 1.29 is 9.53 Å². The number of rotatable bonds is 1. The molecule has 58 valence electrons. The molecule has 1 fully saturated rings. The number of ether oxygens (including phenoxy) is 1. The third-order valence-electron chi connectivity index (χ3n) is 1.64. The van der Waals surface area contributed by atoms with Gasteiger partial charge in [0, 0.05) is 12.5 Å². The van der Waals surface area contributed by atoms with Crippen molar-refractivity contribution in [3.8, 4) is 0 Å². The minimum atomic E-state index is -0.462. The monoisotopic (exact) mass is 144 g/mol. The molecule has 1 aliphatic heterocycles. The van der Waals surface area contributed by atoms with E-state index in [4.69, 9.17) is 16.2 Å². The lowest BCUT2D eigenvalue weighted by Crippen LogP contribution is -2.31. The first-order chi connectivity index (χ1) is 4.61. The molecule has 4 heteroatoms. The van der Waals surface area contributed by atoms with Crippen molar-refractivity contribution in [1.82, 2.24) is 0 Å². The maximum atomic E-state index is 10.7. The number of carbonyl (C=O) groups is 1. The van der Waals surface area contributed by atoms with Crippen LogP contribution in [0.2, 0.25) is 0 Å². The molecule has 1 saturated heterocycles. The van der Waals surface area contributed by atoms with Crippen molar-refractivity contribution in [2.24, 2.45) is 11.5 Å². The molecule has 0 amide bonds. The molecule has 0 aliphatic carbocycles. The van der Waals surface area contributed by atoms with E-state index in [1.165, 1.54) is 0 Å². The number of cyclic esters (lactones) is 1. The third kappa shape index (κ3) is 1.27. The van der Waals surface area contributed by atoms with Gasteiger partial charge in [0.25, 0.3) is 0 Å². The zero-order valence-corrected chi connectivity index (χ0v) is 5.91. The van der Waals surface area contributed by atoms with Crippen LogP contribution in [0.15, 0.2) is 0 Å². The Balaban J connectivity index is 2.49. The van der Waals surface area contributed by atoms with Crippen LogP contribution in [0.25, 0.3) is 0 Å². The van der Waals surface area contributed by atoms with Gasteiger partial charge in [0.15, 0.2) is 0 Å². The van der Waals surface area contributed by atoms with Crippen molar-refractivity contribution in [1.29, 1.82) is 0 Å². The molecule has 0 aromatic carbocycles. The number of hydrogen-bond donors (Lipinski definition) is 2. The maximum Gasteiger partial charge on any atom is 0.323 e. The van der Waals surface area contributed by atoms with E-state index in [9.17, 15) is 4.79 Å². The zero-order valence-electron chi connectivity index (χ0n) is 5.91. The van der Waals surface area contributed by atoms with Crippen molar-refractivity contribution >= 4 is 5.97 Å². The minimum absolute atomic E-state index is 0.113. The largest absolute Gasteiger partial charge is 0.459 e. The van der Waals surface area contributed by atoms with Gasteiger partial charge in [-0.1, -0.05) is 0 Å². The number of carbonyl (C=O) groups excluding carboxylic acids is 1. The fourth-order valence-corrected chi connectivity index (χ4v) is 0.953. The molecule has 4 nitrogen and oxygen atoms in total. The average molecular weight is 144 g/mol. The fraction of sp³-hybridized carbons (Fsp3) is 0.833. The lowest BCUT2D eigenvalue weighted by molar-refractivity contribution is -0.142. The highest BCUT2D eigenvalue weighted by molar-refractivity contribution is 5.77. The first kappa shape index (κ1) is 7.50. The van der Waals surface area contributed by atoms with E-state index in [0.29, 0.717) is 6.42 Å². The molecule has 1 heterocycles. The summed E-state index contributed by atoms with van der Waals surface area (Å²) in [5.41, 5.74) is 10.9. The lowest BCUT2D eigenvalue weighted by Gasteiger charge is -2.11. The molecule has 1 rings (SSSR count). The fourth-order valence-electron chi connectivity index (χ4n) is 0.953. The molecular formula is C6H12N2O2. The molecule has 4 N–H and O–H groups in total. The normalized spacial score (nSPS) is 35.7. The Morgan fingerprint density at radius 1 is 1.80 bits per heavy atom. The predicted octanol–water partition coefficient (Wildman–Crippen LogP) is -1.02. The van der Waals surface area contributed by atoms with E-state index in [-0.39, 0.29) is 18.1 Å². The van der Waals surface area contributed by atoms with Gasteiger partial charge in [-0.3, -0.25) is 4.79 Å². The van der Waals surface area contributed by atoms with E-state index in [0.717, 1.165) is 0 Å². The summed E-state index contributed by atoms with van der Waals surface area (Å²) >= 11 is 0. The molecule has 0 radical (unpaired) electrons. The van der Waals surface area contributed by atoms with Gasteiger partial charge in [-0.05, 0) is 6.92 Å². The van der Waals surface area contributed by atoms with Gasteiger partial charge in [0.05, 0.1) is 0 Å². The third-order valence-corrected chi connectivity index (χ3v) is 1.64. The van der Waals surface area contributed by atoms with Gasteiger partial charge in [-0.15, -0.1) is 0 Å². The number of esters is 1. The Morgan fingerprint density at radius 2 is 2.40 bits per heavy atom. The standard InChI is InChI=1S/C6H12N2O2/c1-3(7)5-2-4(8)6(9)10-5/h3-5H,2,7-8H2,1H3/t3-,4-,5+/m1/s1. The molecule has 0 unspecified atom stereocenters. The number of hydrogen-bond acceptors (Lipinski definition) is 4. The molecule has 0 aromatic heterocycles. The van der Waals surface area contributed by atoms with Crippen LogP contribution in [0.3, 0.4) is 0 Å². The van der Waals surface area contributed by atoms with Gasteiger partial charge < -0.3 is 16.2 Å². The predicted molar refractivity (Wildman–Crippen MR) is 36.1 cm³/mol. The van der Waals surface area contributed by atoms with E-state index in [2.05, 4.69) is 0 Å². The van der Waals surface area contributed by atoms with Crippen molar-refractivity contribution in [2.75, 3.05) is 0 Å². The summed E-state index contributed by atoms with van der Waals surface area (Å²) in [6, 6.07) is -0.575. The van der Waals surface area contributed by atoms with Crippen LogP contribution in [0.1, 0.15) is 13.3 Å². The van der Waals surface area contributed by atoms with Gasteiger partial charge in [0.2, 0.25) is 0 Å². The van der Waals surface area contributed by atoms with Gasteiger partial charge in [-0.2, -0.15) is 0 Å². The summed E-state index contributed by atoms with van der Waals surface area (Å²) in [5, 5.41) is 0. The first-order valence-corrected chi connectivity index (χ1v) is 3.33. The van der Waals surface area contributed by atoms with Crippen LogP contribution in [-0.4, -0.2) is 24.2 Å². The number of nitrogens with two attached hydrogens (primary N) is 2. The van der Waals surface area contributed by atoms with Crippen LogP contribution in [0.4, 0.5) is 0 Å². The highest BCUT2D eigenvalue weighted by Crippen LogP contribution is 2.14. The zero-order chi connectivity index (χ0) is 7.72. The summed E-state index contributed by atoms with van der Waals surface area (Å²) < 4.78 is 4.85. The Hall–Kier alpha value is -0.610. The smallest absolute Gasteiger partial charge is 0.323 e. The topological polar surface area (TPSA) is 78.3 Å². The highest BCUT2D eigenvalue weighted by Gasteiger charge is 2.33. The molecule has 0 bridgehead atoms. The van der Waals surface area contributed by atoms with E-state index in [1.807, 2.05) is 0 Å². The summed E-state index contributed by atoms with van der Waals surface area (Å²) in [6.07, 6.45) is 0.374. The lowest BCUT2D eigenvalue weighted by atomic mass is 10.1. The van der Waals surface area contributed by atoms with E-state index < -0.39 is 6.04 Å². The van der Waals surface area contributed by atoms with E-state index in [1.54, 1.807) is 6.92 Å². The second-order valence-corrected chi connectivity index (χ2v) is 2.68. The van der Waals surface area contributed by atoms with Crippen molar-refractivity contribution in [3.63, 3.8) is 0 Å². The van der Waals surface area contributed by atoms with Crippen LogP contribution < -0.4 is 11.5 Å². The van der Waals surface area contributed by atoms with E-state index >= 15 is 0 Å². The average Bonchev–Trinajstić information content (AvgIpc) is 2.13. The molecule has 0 saturated carbocycles. The van der Waals surface area contributed by atoms with Crippen LogP contribution in [0.5, 0.6) is 0 Å². The summed E-state index contributed by atoms with van der Waals surface area (Å²) in [7, 11) is 0. The van der Waals surface area contributed by atoms with Crippen LogP contribution in [0, 0.1) is 0 Å². The Morgan fingerprint density at radius 3 is 2.60 bits per heavy atom. The van der Waals surface area contributed by atoms with Gasteiger partial charge in [0.1, 0.15) is 12.1 Å². The van der Waals surface area contributed by atoms with Crippen molar-refractivity contribution in [3.05, 3.63) is 0 Å². The Kier molecular flexibility index (Phi) is 1.92. The summed E-state index contributed by atoms with van der Waals surface area (Å²) in [4.78, 5) is 10.7. The summed E-state index contributed by atoms with van der Waals surface area (Å²) in [6.45, 7) is 1.80. The molecule has 0 spiro atoms. The van der Waals surface area contributed by atoms with Crippen molar-refractivity contribution in [2.45, 2.75) is 31.5 Å². The maximum absolute atomic E-state index is 10.7. The minimum Gasteiger partial charge on any atom is -0.459 e. The second kappa shape index (κ2) is 2.56. The second-order valence-electron chi connectivity index (χ2n) is 2.68. The van der Waals surface area contributed by atoms with Gasteiger partial charge >= 0.3 is 5.97 Å². The Labute approximate surface area is 59.5 Å². The highest BCUT2D eigenvalue weighted by atomic mass is 16.6. The molecule has 0 aromatic rings. The quantitative estimate of drug-likeness (QED) is 0.461. The SMILES string of the molecule is C[C@@H](N)[C@@H]1C[C@@H](N)C(=O)O1. The molecule has 1 aliphatic rings. The first-order valence-electron chi connectivity index (χ1n) is 3.33. The molecular weight excluding hydrogens is 132 g/mol. The molecule has 3 atom stereocenters.